The summed E-state index contributed by atoms with van der Waals surface area (Å²) in [5, 5.41) is 3.56. The van der Waals surface area contributed by atoms with E-state index in [4.69, 9.17) is 5.73 Å². The van der Waals surface area contributed by atoms with E-state index in [1.807, 2.05) is 30.5 Å². The van der Waals surface area contributed by atoms with Crippen molar-refractivity contribution in [1.29, 1.82) is 0 Å². The molecule has 2 aliphatic heterocycles. The van der Waals surface area contributed by atoms with Gasteiger partial charge in [-0.2, -0.15) is 0 Å². The maximum absolute atomic E-state index is 15.9. The zero-order chi connectivity index (χ0) is 27.2. The summed E-state index contributed by atoms with van der Waals surface area (Å²) in [6.45, 7) is 3.25. The molecular weight excluding hydrogens is 500 g/mol. The van der Waals surface area contributed by atoms with Crippen LogP contribution in [0.15, 0.2) is 61.2 Å². The van der Waals surface area contributed by atoms with Gasteiger partial charge < -0.3 is 16.0 Å². The van der Waals surface area contributed by atoms with Crippen LogP contribution >= 0.6 is 0 Å². The third-order valence-corrected chi connectivity index (χ3v) is 7.90. The molecule has 0 spiro atoms. The molecule has 39 heavy (non-hydrogen) atoms. The standard InChI is InChI=1S/C29H35F2N7O/c30-24-3-4-25(35-19-24)27(36-18-22-2-1-10-33-17-22)23-6-12-38(13-7-23)28(39)29(31)8-14-37(15-9-29)20-21-5-11-34-26(32)16-21/h1-5,10-11,16-17,19,23,27,36H,6-9,12-15,18,20H2,(H2,32,34). The summed E-state index contributed by atoms with van der Waals surface area (Å²) in [6.07, 6.45) is 8.22. The maximum atomic E-state index is 15.9. The molecule has 2 saturated heterocycles. The second-order valence-electron chi connectivity index (χ2n) is 10.6. The van der Waals surface area contributed by atoms with E-state index in [1.165, 1.54) is 12.3 Å². The van der Waals surface area contributed by atoms with Gasteiger partial charge in [0.15, 0.2) is 5.67 Å². The minimum absolute atomic E-state index is 0.118. The van der Waals surface area contributed by atoms with Crippen LogP contribution in [0.2, 0.25) is 0 Å². The number of hydrogen-bond donors (Lipinski definition) is 2. The second kappa shape index (κ2) is 12.1. The molecule has 0 aliphatic carbocycles. The number of carbonyl (C=O) groups is 1. The molecule has 0 saturated carbocycles. The fourth-order valence-electron chi connectivity index (χ4n) is 5.66. The normalized spacial score (nSPS) is 19.1. The van der Waals surface area contributed by atoms with Gasteiger partial charge >= 0.3 is 0 Å². The zero-order valence-electron chi connectivity index (χ0n) is 22.0. The van der Waals surface area contributed by atoms with Crippen LogP contribution in [0.1, 0.15) is 48.5 Å². The monoisotopic (exact) mass is 535 g/mol. The van der Waals surface area contributed by atoms with Crippen LogP contribution in [0, 0.1) is 11.7 Å². The number of nitrogens with one attached hydrogen (secondary N) is 1. The molecule has 8 nitrogen and oxygen atoms in total. The van der Waals surface area contributed by atoms with Crippen molar-refractivity contribution in [2.75, 3.05) is 31.9 Å². The van der Waals surface area contributed by atoms with Crippen molar-refractivity contribution in [3.05, 3.63) is 83.8 Å². The van der Waals surface area contributed by atoms with Gasteiger partial charge in [-0.25, -0.2) is 13.8 Å². The molecule has 5 heterocycles. The minimum atomic E-state index is -1.84. The van der Waals surface area contributed by atoms with Gasteiger partial charge in [0.05, 0.1) is 17.9 Å². The molecule has 0 aromatic carbocycles. The first-order valence-electron chi connectivity index (χ1n) is 13.5. The summed E-state index contributed by atoms with van der Waals surface area (Å²) in [6, 6.07) is 10.6. The number of pyridine rings is 3. The van der Waals surface area contributed by atoms with Crippen LogP contribution < -0.4 is 11.1 Å². The summed E-state index contributed by atoms with van der Waals surface area (Å²) in [5.41, 5.74) is 6.77. The summed E-state index contributed by atoms with van der Waals surface area (Å²) in [5.74, 6) is -0.135. The lowest BCUT2D eigenvalue weighted by atomic mass is 9.85. The Hall–Kier alpha value is -3.50. The Morgan fingerprint density at radius 2 is 1.85 bits per heavy atom. The average molecular weight is 536 g/mol. The molecular formula is C29H35F2N7O. The van der Waals surface area contributed by atoms with Crippen molar-refractivity contribution in [1.82, 2.24) is 30.1 Å². The van der Waals surface area contributed by atoms with E-state index in [-0.39, 0.29) is 30.6 Å². The van der Waals surface area contributed by atoms with Crippen LogP contribution in [0.5, 0.6) is 0 Å². The number of carbonyl (C=O) groups excluding carboxylic acids is 1. The number of rotatable bonds is 8. The van der Waals surface area contributed by atoms with Crippen LogP contribution in [0.3, 0.4) is 0 Å². The molecule has 2 fully saturated rings. The molecule has 3 aromatic rings. The average Bonchev–Trinajstić information content (AvgIpc) is 2.96. The van der Waals surface area contributed by atoms with E-state index >= 15 is 4.39 Å². The Morgan fingerprint density at radius 1 is 1.05 bits per heavy atom. The quantitative estimate of drug-likeness (QED) is 0.454. The first-order valence-corrected chi connectivity index (χ1v) is 13.5. The number of piperidine rings is 2. The van der Waals surface area contributed by atoms with Gasteiger partial charge in [0.2, 0.25) is 0 Å². The van der Waals surface area contributed by atoms with E-state index in [0.717, 1.165) is 16.8 Å². The highest BCUT2D eigenvalue weighted by molar-refractivity contribution is 5.85. The second-order valence-corrected chi connectivity index (χ2v) is 10.6. The SMILES string of the molecule is Nc1cc(CN2CCC(F)(C(=O)N3CCC(C(NCc4cccnc4)c4ccc(F)cn4)CC3)CC2)ccn1. The van der Waals surface area contributed by atoms with Crippen molar-refractivity contribution >= 4 is 11.7 Å². The van der Waals surface area contributed by atoms with E-state index in [9.17, 15) is 9.18 Å². The van der Waals surface area contributed by atoms with Gasteiger partial charge in [0, 0.05) is 70.7 Å². The molecule has 0 bridgehead atoms. The largest absolute Gasteiger partial charge is 0.384 e. The number of nitrogen functional groups attached to an aromatic ring is 1. The highest BCUT2D eigenvalue weighted by atomic mass is 19.1. The van der Waals surface area contributed by atoms with Crippen molar-refractivity contribution in [3.8, 4) is 0 Å². The van der Waals surface area contributed by atoms with Crippen LogP contribution in [0.4, 0.5) is 14.6 Å². The van der Waals surface area contributed by atoms with E-state index in [2.05, 4.69) is 25.2 Å². The molecule has 1 unspecified atom stereocenters. The number of aromatic nitrogens is 3. The fraction of sp³-hybridized carbons (Fsp3) is 0.448. The molecule has 1 amide bonds. The van der Waals surface area contributed by atoms with Gasteiger partial charge in [-0.15, -0.1) is 0 Å². The molecule has 206 valence electrons. The molecule has 1 atom stereocenters. The molecule has 2 aliphatic rings. The topological polar surface area (TPSA) is 100 Å². The minimum Gasteiger partial charge on any atom is -0.384 e. The maximum Gasteiger partial charge on any atom is 0.260 e. The van der Waals surface area contributed by atoms with Crippen LogP contribution in [-0.4, -0.2) is 62.5 Å². The zero-order valence-corrected chi connectivity index (χ0v) is 22.0. The molecule has 5 rings (SSSR count). The Bertz CT molecular complexity index is 1230. The van der Waals surface area contributed by atoms with Gasteiger partial charge in [-0.05, 0) is 60.2 Å². The van der Waals surface area contributed by atoms with E-state index in [0.29, 0.717) is 57.9 Å². The van der Waals surface area contributed by atoms with Crippen LogP contribution in [-0.2, 0) is 17.9 Å². The number of likely N-dealkylation sites (tertiary alicyclic amines) is 2. The first kappa shape index (κ1) is 27.1. The lowest BCUT2D eigenvalue weighted by molar-refractivity contribution is -0.149. The Balaban J connectivity index is 1.17. The number of amides is 1. The smallest absolute Gasteiger partial charge is 0.260 e. The van der Waals surface area contributed by atoms with Crippen molar-refractivity contribution in [2.45, 2.75) is 50.5 Å². The number of hydrogen-bond acceptors (Lipinski definition) is 7. The summed E-state index contributed by atoms with van der Waals surface area (Å²) in [7, 11) is 0. The van der Waals surface area contributed by atoms with Gasteiger partial charge in [0.1, 0.15) is 11.6 Å². The van der Waals surface area contributed by atoms with Crippen molar-refractivity contribution < 1.29 is 13.6 Å². The lowest BCUT2D eigenvalue weighted by Crippen LogP contribution is -2.54. The lowest BCUT2D eigenvalue weighted by Gasteiger charge is -2.41. The van der Waals surface area contributed by atoms with E-state index in [1.54, 1.807) is 23.4 Å². The predicted octanol–water partition coefficient (Wildman–Crippen LogP) is 3.67. The third-order valence-electron chi connectivity index (χ3n) is 7.90. The predicted molar refractivity (Wildman–Crippen MR) is 144 cm³/mol. The van der Waals surface area contributed by atoms with Crippen molar-refractivity contribution in [2.24, 2.45) is 5.92 Å². The molecule has 3 N–H and O–H groups in total. The molecule has 3 aromatic heterocycles. The number of halogens is 2. The van der Waals surface area contributed by atoms with Gasteiger partial charge in [0.25, 0.3) is 5.91 Å². The summed E-state index contributed by atoms with van der Waals surface area (Å²) in [4.78, 5) is 29.7. The Kier molecular flexibility index (Phi) is 8.42. The summed E-state index contributed by atoms with van der Waals surface area (Å²) < 4.78 is 29.4. The molecule has 0 radical (unpaired) electrons. The number of alkyl halides is 1. The third kappa shape index (κ3) is 6.75. The number of anilines is 1. The first-order chi connectivity index (χ1) is 18.9. The number of nitrogens with two attached hydrogens (primary N) is 1. The van der Waals surface area contributed by atoms with Crippen molar-refractivity contribution in [3.63, 3.8) is 0 Å². The summed E-state index contributed by atoms with van der Waals surface area (Å²) >= 11 is 0. The van der Waals surface area contributed by atoms with Gasteiger partial charge in [-0.3, -0.25) is 19.7 Å². The fourth-order valence-corrected chi connectivity index (χ4v) is 5.66. The van der Waals surface area contributed by atoms with Gasteiger partial charge in [-0.1, -0.05) is 6.07 Å². The molecule has 10 heteroatoms. The van der Waals surface area contributed by atoms with E-state index < -0.39 is 11.6 Å². The highest BCUT2D eigenvalue weighted by Crippen LogP contribution is 2.34. The Labute approximate surface area is 227 Å². The van der Waals surface area contributed by atoms with Crippen LogP contribution in [0.25, 0.3) is 0 Å². The Morgan fingerprint density at radius 3 is 2.51 bits per heavy atom. The highest BCUT2D eigenvalue weighted by Gasteiger charge is 2.45. The number of nitrogens with zero attached hydrogens (tertiary/aromatic N) is 5.